The molecule has 0 aliphatic carbocycles. The Morgan fingerprint density at radius 3 is 2.52 bits per heavy atom. The van der Waals surface area contributed by atoms with Crippen molar-refractivity contribution in [1.29, 1.82) is 0 Å². The quantitative estimate of drug-likeness (QED) is 0.838. The molecule has 3 heterocycles. The van der Waals surface area contributed by atoms with Crippen molar-refractivity contribution >= 4 is 17.2 Å². The fourth-order valence-corrected chi connectivity index (χ4v) is 4.29. The fraction of sp³-hybridized carbons (Fsp3) is 0.526. The van der Waals surface area contributed by atoms with Gasteiger partial charge in [0.15, 0.2) is 0 Å². The lowest BCUT2D eigenvalue weighted by atomic mass is 10.0. The molecule has 0 bridgehead atoms. The highest BCUT2D eigenvalue weighted by Crippen LogP contribution is 2.27. The molecule has 0 aromatic carbocycles. The molecular weight excluding hydrogens is 302 g/mol. The summed E-state index contributed by atoms with van der Waals surface area (Å²) < 4.78 is 0. The van der Waals surface area contributed by atoms with E-state index in [4.69, 9.17) is 0 Å². The molecule has 0 amide bonds. The van der Waals surface area contributed by atoms with Crippen molar-refractivity contribution in [2.45, 2.75) is 40.2 Å². The molecule has 3 rings (SSSR count). The summed E-state index contributed by atoms with van der Waals surface area (Å²) in [5.41, 5.74) is 2.80. The molecule has 0 atom stereocenters. The fourth-order valence-electron chi connectivity index (χ4n) is 3.19. The first-order valence-corrected chi connectivity index (χ1v) is 9.34. The van der Waals surface area contributed by atoms with Gasteiger partial charge in [0, 0.05) is 48.7 Å². The number of hydrogen-bond donors (Lipinski definition) is 0. The molecule has 124 valence electrons. The van der Waals surface area contributed by atoms with E-state index in [1.54, 1.807) is 0 Å². The van der Waals surface area contributed by atoms with Crippen LogP contribution in [0.25, 0.3) is 0 Å². The Morgan fingerprint density at radius 1 is 1.17 bits per heavy atom. The van der Waals surface area contributed by atoms with Crippen LogP contribution >= 0.6 is 11.3 Å². The maximum atomic E-state index is 4.66. The second kappa shape index (κ2) is 7.02. The molecule has 2 aromatic heterocycles. The van der Waals surface area contributed by atoms with Crippen LogP contribution in [0.5, 0.6) is 0 Å². The highest BCUT2D eigenvalue weighted by atomic mass is 32.1. The Hall–Kier alpha value is -1.39. The summed E-state index contributed by atoms with van der Waals surface area (Å²) in [6.45, 7) is 14.4. The van der Waals surface area contributed by atoms with Gasteiger partial charge in [-0.2, -0.15) is 0 Å². The van der Waals surface area contributed by atoms with Gasteiger partial charge in [-0.15, -0.1) is 11.3 Å². The molecule has 0 unspecified atom stereocenters. The van der Waals surface area contributed by atoms with E-state index in [0.29, 0.717) is 5.92 Å². The Morgan fingerprint density at radius 2 is 1.91 bits per heavy atom. The lowest BCUT2D eigenvalue weighted by molar-refractivity contribution is 0.251. The molecule has 0 spiro atoms. The van der Waals surface area contributed by atoms with Crippen molar-refractivity contribution in [3.05, 3.63) is 45.3 Å². The molecule has 0 saturated carbocycles. The van der Waals surface area contributed by atoms with E-state index in [9.17, 15) is 0 Å². The van der Waals surface area contributed by atoms with Crippen LogP contribution < -0.4 is 4.90 Å². The number of rotatable bonds is 4. The van der Waals surface area contributed by atoms with Crippen LogP contribution in [0.4, 0.5) is 5.82 Å². The molecule has 1 aliphatic heterocycles. The van der Waals surface area contributed by atoms with Crippen LogP contribution in [-0.2, 0) is 6.54 Å². The van der Waals surface area contributed by atoms with Crippen molar-refractivity contribution in [3.63, 3.8) is 0 Å². The van der Waals surface area contributed by atoms with Gasteiger partial charge >= 0.3 is 0 Å². The van der Waals surface area contributed by atoms with Crippen molar-refractivity contribution in [1.82, 2.24) is 9.88 Å². The van der Waals surface area contributed by atoms with E-state index in [2.05, 4.69) is 60.7 Å². The number of aryl methyl sites for hydroxylation is 2. The van der Waals surface area contributed by atoms with Crippen LogP contribution in [0.1, 0.15) is 40.6 Å². The smallest absolute Gasteiger partial charge is 0.132 e. The Kier molecular flexibility index (Phi) is 5.02. The van der Waals surface area contributed by atoms with E-state index < -0.39 is 0 Å². The summed E-state index contributed by atoms with van der Waals surface area (Å²) in [4.78, 5) is 12.6. The van der Waals surface area contributed by atoms with Gasteiger partial charge in [-0.05, 0) is 43.0 Å². The maximum absolute atomic E-state index is 4.66. The van der Waals surface area contributed by atoms with Gasteiger partial charge in [-0.1, -0.05) is 19.9 Å². The molecule has 1 aliphatic rings. The molecule has 1 fully saturated rings. The van der Waals surface area contributed by atoms with Crippen LogP contribution in [0.2, 0.25) is 0 Å². The minimum atomic E-state index is 0.522. The summed E-state index contributed by atoms with van der Waals surface area (Å²) >= 11 is 1.94. The topological polar surface area (TPSA) is 19.4 Å². The number of piperazine rings is 1. The Balaban J connectivity index is 1.62. The molecule has 1 saturated heterocycles. The number of nitrogens with zero attached hydrogens (tertiary/aromatic N) is 3. The third-order valence-corrected chi connectivity index (χ3v) is 5.84. The van der Waals surface area contributed by atoms with Crippen LogP contribution in [0.15, 0.2) is 24.4 Å². The highest BCUT2D eigenvalue weighted by Gasteiger charge is 2.21. The van der Waals surface area contributed by atoms with Crippen LogP contribution in [-0.4, -0.2) is 36.1 Å². The largest absolute Gasteiger partial charge is 0.354 e. The Bertz CT molecular complexity index is 635. The monoisotopic (exact) mass is 329 g/mol. The first-order chi connectivity index (χ1) is 11.0. The van der Waals surface area contributed by atoms with Gasteiger partial charge in [0.05, 0.1) is 0 Å². The van der Waals surface area contributed by atoms with Gasteiger partial charge in [0.25, 0.3) is 0 Å². The summed E-state index contributed by atoms with van der Waals surface area (Å²) in [5, 5.41) is 0. The zero-order chi connectivity index (χ0) is 16.4. The average molecular weight is 330 g/mol. The average Bonchev–Trinajstić information content (AvgIpc) is 2.86. The van der Waals surface area contributed by atoms with Gasteiger partial charge in [-0.3, -0.25) is 4.90 Å². The first kappa shape index (κ1) is 16.5. The van der Waals surface area contributed by atoms with Crippen molar-refractivity contribution in [2.24, 2.45) is 0 Å². The SMILES string of the molecule is Cc1cc(CN2CCN(c3ncccc3C(C)C)CC2)sc1C. The zero-order valence-electron chi connectivity index (χ0n) is 14.7. The highest BCUT2D eigenvalue weighted by molar-refractivity contribution is 7.12. The van der Waals surface area contributed by atoms with Gasteiger partial charge < -0.3 is 4.90 Å². The second-order valence-corrected chi connectivity index (χ2v) is 8.13. The molecule has 0 N–H and O–H groups in total. The van der Waals surface area contributed by atoms with Crippen LogP contribution in [0.3, 0.4) is 0 Å². The zero-order valence-corrected chi connectivity index (χ0v) is 15.5. The molecule has 23 heavy (non-hydrogen) atoms. The summed E-state index contributed by atoms with van der Waals surface area (Å²) in [6.07, 6.45) is 1.92. The summed E-state index contributed by atoms with van der Waals surface area (Å²) in [6, 6.07) is 6.62. The second-order valence-electron chi connectivity index (χ2n) is 6.79. The first-order valence-electron chi connectivity index (χ1n) is 8.52. The number of aromatic nitrogens is 1. The maximum Gasteiger partial charge on any atom is 0.132 e. The van der Waals surface area contributed by atoms with E-state index in [-0.39, 0.29) is 0 Å². The molecule has 0 radical (unpaired) electrons. The summed E-state index contributed by atoms with van der Waals surface area (Å²) in [5.74, 6) is 1.71. The predicted octanol–water partition coefficient (Wildman–Crippen LogP) is 4.21. The number of hydrogen-bond acceptors (Lipinski definition) is 4. The third kappa shape index (κ3) is 3.75. The van der Waals surface area contributed by atoms with Crippen molar-refractivity contribution < 1.29 is 0 Å². The van der Waals surface area contributed by atoms with Crippen LogP contribution in [0, 0.1) is 13.8 Å². The standard InChI is InChI=1S/C19H27N3S/c1-14(2)18-6-5-7-20-19(18)22-10-8-21(9-11-22)13-17-12-15(3)16(4)23-17/h5-7,12,14H,8-11,13H2,1-4H3. The lowest BCUT2D eigenvalue weighted by Gasteiger charge is -2.36. The predicted molar refractivity (Wildman–Crippen MR) is 99.6 cm³/mol. The summed E-state index contributed by atoms with van der Waals surface area (Å²) in [7, 11) is 0. The minimum Gasteiger partial charge on any atom is -0.354 e. The van der Waals surface area contributed by atoms with Crippen molar-refractivity contribution in [3.8, 4) is 0 Å². The van der Waals surface area contributed by atoms with E-state index in [1.807, 2.05) is 17.5 Å². The third-order valence-electron chi connectivity index (χ3n) is 4.71. The Labute approximate surface area is 144 Å². The van der Waals surface area contributed by atoms with E-state index in [1.165, 1.54) is 26.7 Å². The number of pyridine rings is 1. The van der Waals surface area contributed by atoms with Gasteiger partial charge in [0.1, 0.15) is 5.82 Å². The number of thiophene rings is 1. The molecule has 3 nitrogen and oxygen atoms in total. The molecule has 2 aromatic rings. The van der Waals surface area contributed by atoms with E-state index in [0.717, 1.165) is 32.7 Å². The van der Waals surface area contributed by atoms with Crippen molar-refractivity contribution in [2.75, 3.05) is 31.1 Å². The van der Waals surface area contributed by atoms with Gasteiger partial charge in [-0.25, -0.2) is 4.98 Å². The molecule has 4 heteroatoms. The van der Waals surface area contributed by atoms with E-state index >= 15 is 0 Å². The normalized spacial score (nSPS) is 16.3. The number of anilines is 1. The lowest BCUT2D eigenvalue weighted by Crippen LogP contribution is -2.46. The minimum absolute atomic E-state index is 0.522. The molecular formula is C19H27N3S. The van der Waals surface area contributed by atoms with Gasteiger partial charge in [0.2, 0.25) is 0 Å².